The minimum Gasteiger partial charge on any atom is -0.444 e. The number of ether oxygens (including phenoxy) is 1. The molecule has 0 aliphatic rings. The predicted octanol–water partition coefficient (Wildman–Crippen LogP) is 5.99. The van der Waals surface area contributed by atoms with Gasteiger partial charge in [-0.15, -0.1) is 0 Å². The summed E-state index contributed by atoms with van der Waals surface area (Å²) in [5.74, 6) is 0.420. The van der Waals surface area contributed by atoms with Crippen molar-refractivity contribution in [1.82, 2.24) is 30.0 Å². The molecule has 6 rings (SSSR count). The Balaban J connectivity index is 1.38. The van der Waals surface area contributed by atoms with Crippen molar-refractivity contribution in [2.24, 2.45) is 0 Å². The van der Waals surface area contributed by atoms with Crippen LogP contribution in [0.1, 0.15) is 37.6 Å². The van der Waals surface area contributed by atoms with E-state index in [1.165, 1.54) is 6.33 Å². The van der Waals surface area contributed by atoms with Crippen LogP contribution in [-0.4, -0.2) is 44.8 Å². The first-order valence-electron chi connectivity index (χ1n) is 14.4. The third kappa shape index (κ3) is 7.13. The van der Waals surface area contributed by atoms with Gasteiger partial charge in [0.2, 0.25) is 10.0 Å². The molecule has 230 valence electrons. The van der Waals surface area contributed by atoms with Gasteiger partial charge >= 0.3 is 6.09 Å². The molecule has 3 aromatic heterocycles. The zero-order chi connectivity index (χ0) is 31.6. The number of aromatic nitrogens is 5. The van der Waals surface area contributed by atoms with E-state index in [0.29, 0.717) is 35.0 Å². The smallest absolute Gasteiger partial charge is 0.407 e. The van der Waals surface area contributed by atoms with Gasteiger partial charge in [0.15, 0.2) is 5.82 Å². The van der Waals surface area contributed by atoms with Crippen LogP contribution in [0.25, 0.3) is 33.3 Å². The fourth-order valence-corrected chi connectivity index (χ4v) is 6.37. The summed E-state index contributed by atoms with van der Waals surface area (Å²) in [5.41, 5.74) is 3.49. The summed E-state index contributed by atoms with van der Waals surface area (Å²) < 4.78 is 36.5. The maximum Gasteiger partial charge on any atom is 0.407 e. The van der Waals surface area contributed by atoms with Crippen LogP contribution in [0.15, 0.2) is 91.3 Å². The number of rotatable bonds is 9. The average molecular weight is 624 g/mol. The van der Waals surface area contributed by atoms with E-state index in [1.54, 1.807) is 12.1 Å². The van der Waals surface area contributed by atoms with Gasteiger partial charge in [-0.1, -0.05) is 54.6 Å². The molecule has 3 N–H and O–H groups in total. The number of H-pyrrole nitrogens is 1. The van der Waals surface area contributed by atoms with Crippen molar-refractivity contribution >= 4 is 43.6 Å². The molecule has 0 unspecified atom stereocenters. The van der Waals surface area contributed by atoms with Crippen molar-refractivity contribution in [3.8, 4) is 11.5 Å². The van der Waals surface area contributed by atoms with Crippen molar-refractivity contribution in [2.75, 3.05) is 4.72 Å². The van der Waals surface area contributed by atoms with Gasteiger partial charge in [0, 0.05) is 11.1 Å². The number of amides is 1. The largest absolute Gasteiger partial charge is 0.444 e. The molecule has 12 heteroatoms. The molecule has 0 atom stereocenters. The lowest BCUT2D eigenvalue weighted by atomic mass is 10.0. The van der Waals surface area contributed by atoms with Crippen molar-refractivity contribution in [3.05, 3.63) is 108 Å². The number of alkyl carbamates (subject to hydrolysis) is 1. The first-order valence-corrected chi connectivity index (χ1v) is 16.1. The summed E-state index contributed by atoms with van der Waals surface area (Å²) in [4.78, 5) is 21.6. The van der Waals surface area contributed by atoms with Crippen LogP contribution in [-0.2, 0) is 33.6 Å². The second kappa shape index (κ2) is 12.0. The maximum absolute atomic E-state index is 13.2. The Morgan fingerprint density at radius 1 is 0.956 bits per heavy atom. The Labute approximate surface area is 260 Å². The number of pyridine rings is 1. The SMILES string of the molecule is CC(C)(C)OC(=O)NCc1ccc2cc(-c3ncn[nH]3)n(Cc3cc(NS(=O)(=O)Cc4ccccc4)cc4ccccc34)c2n1. The maximum atomic E-state index is 13.2. The lowest BCUT2D eigenvalue weighted by Crippen LogP contribution is -2.32. The van der Waals surface area contributed by atoms with E-state index < -0.39 is 21.7 Å². The van der Waals surface area contributed by atoms with E-state index in [0.717, 1.165) is 27.4 Å². The van der Waals surface area contributed by atoms with Gasteiger partial charge in [0.1, 0.15) is 17.6 Å². The number of hydrogen-bond donors (Lipinski definition) is 3. The second-order valence-electron chi connectivity index (χ2n) is 11.7. The third-order valence-electron chi connectivity index (χ3n) is 7.02. The highest BCUT2D eigenvalue weighted by atomic mass is 32.2. The number of benzene rings is 3. The molecule has 3 heterocycles. The van der Waals surface area contributed by atoms with Gasteiger partial charge < -0.3 is 14.6 Å². The Morgan fingerprint density at radius 2 is 1.73 bits per heavy atom. The quantitative estimate of drug-likeness (QED) is 0.179. The van der Waals surface area contributed by atoms with Crippen LogP contribution in [0.4, 0.5) is 10.5 Å². The van der Waals surface area contributed by atoms with Crippen molar-refractivity contribution < 1.29 is 17.9 Å². The lowest BCUT2D eigenvalue weighted by Gasteiger charge is -2.19. The van der Waals surface area contributed by atoms with E-state index in [9.17, 15) is 13.2 Å². The number of anilines is 1. The molecule has 0 bridgehead atoms. The van der Waals surface area contributed by atoms with Crippen LogP contribution in [0, 0.1) is 0 Å². The third-order valence-corrected chi connectivity index (χ3v) is 8.28. The van der Waals surface area contributed by atoms with Crippen molar-refractivity contribution in [1.29, 1.82) is 0 Å². The number of carbonyl (C=O) groups excluding carboxylic acids is 1. The Hall–Kier alpha value is -5.23. The van der Waals surface area contributed by atoms with Crippen LogP contribution < -0.4 is 10.0 Å². The molecule has 0 fully saturated rings. The van der Waals surface area contributed by atoms with Gasteiger partial charge in [-0.3, -0.25) is 9.82 Å². The number of nitrogens with zero attached hydrogens (tertiary/aromatic N) is 4. The second-order valence-corrected chi connectivity index (χ2v) is 13.4. The minimum atomic E-state index is -3.68. The predicted molar refractivity (Wildman–Crippen MR) is 174 cm³/mol. The summed E-state index contributed by atoms with van der Waals surface area (Å²) >= 11 is 0. The molecular formula is C33H33N7O4S. The number of sulfonamides is 1. The molecule has 45 heavy (non-hydrogen) atoms. The summed E-state index contributed by atoms with van der Waals surface area (Å²) in [5, 5.41) is 12.5. The van der Waals surface area contributed by atoms with E-state index in [4.69, 9.17) is 9.72 Å². The Morgan fingerprint density at radius 3 is 2.49 bits per heavy atom. The lowest BCUT2D eigenvalue weighted by molar-refractivity contribution is 0.0523. The van der Waals surface area contributed by atoms with Gasteiger partial charge in [0.05, 0.1) is 30.2 Å². The van der Waals surface area contributed by atoms with E-state index in [1.807, 2.05) is 98.1 Å². The summed E-state index contributed by atoms with van der Waals surface area (Å²) in [6, 6.07) is 26.4. The molecule has 0 saturated heterocycles. The number of aromatic amines is 1. The molecule has 0 saturated carbocycles. The molecular weight excluding hydrogens is 590 g/mol. The molecule has 0 aliphatic carbocycles. The van der Waals surface area contributed by atoms with Gasteiger partial charge in [-0.25, -0.2) is 23.2 Å². The zero-order valence-electron chi connectivity index (χ0n) is 25.1. The first kappa shape index (κ1) is 29.8. The van der Waals surface area contributed by atoms with Crippen LogP contribution in [0.3, 0.4) is 0 Å². The Kier molecular flexibility index (Phi) is 7.98. The monoisotopic (exact) mass is 623 g/mol. The zero-order valence-corrected chi connectivity index (χ0v) is 25.9. The molecule has 11 nitrogen and oxygen atoms in total. The highest BCUT2D eigenvalue weighted by Crippen LogP contribution is 2.31. The number of fused-ring (bicyclic) bond motifs is 2. The summed E-state index contributed by atoms with van der Waals surface area (Å²) in [7, 11) is -3.68. The summed E-state index contributed by atoms with van der Waals surface area (Å²) in [6.07, 6.45) is 0.915. The number of carbonyl (C=O) groups is 1. The van der Waals surface area contributed by atoms with Crippen molar-refractivity contribution in [3.63, 3.8) is 0 Å². The van der Waals surface area contributed by atoms with Crippen LogP contribution in [0.2, 0.25) is 0 Å². The van der Waals surface area contributed by atoms with E-state index in [-0.39, 0.29) is 12.3 Å². The van der Waals surface area contributed by atoms with Crippen molar-refractivity contribution in [2.45, 2.75) is 45.2 Å². The molecule has 3 aromatic carbocycles. The molecule has 1 amide bonds. The molecule has 6 aromatic rings. The normalized spacial score (nSPS) is 12.0. The highest BCUT2D eigenvalue weighted by Gasteiger charge is 2.19. The van der Waals surface area contributed by atoms with Crippen LogP contribution >= 0.6 is 0 Å². The van der Waals surface area contributed by atoms with E-state index >= 15 is 0 Å². The molecule has 0 radical (unpaired) electrons. The average Bonchev–Trinajstić information content (AvgIpc) is 3.64. The van der Waals surface area contributed by atoms with Gasteiger partial charge in [0.25, 0.3) is 0 Å². The molecule has 0 spiro atoms. The fraction of sp³-hybridized carbons (Fsp3) is 0.212. The van der Waals surface area contributed by atoms with Gasteiger partial charge in [-0.2, -0.15) is 5.10 Å². The number of hydrogen-bond acceptors (Lipinski definition) is 7. The number of nitrogens with one attached hydrogen (secondary N) is 3. The highest BCUT2D eigenvalue weighted by molar-refractivity contribution is 7.91. The van der Waals surface area contributed by atoms with Gasteiger partial charge in [-0.05, 0) is 73.0 Å². The fourth-order valence-electron chi connectivity index (χ4n) is 5.19. The van der Waals surface area contributed by atoms with Crippen LogP contribution in [0.5, 0.6) is 0 Å². The topological polar surface area (TPSA) is 144 Å². The minimum absolute atomic E-state index is 0.141. The summed E-state index contributed by atoms with van der Waals surface area (Å²) in [6.45, 7) is 5.95. The van der Waals surface area contributed by atoms with E-state index in [2.05, 4.69) is 25.2 Å². The Bertz CT molecular complexity index is 2090. The standard InChI is InChI=1S/C33H33N7O4S/c1-33(2,3)44-32(41)34-18-26-14-13-24-17-29(30-35-21-36-38-30)40(31(24)37-26)19-25-16-27(15-23-11-7-8-12-28(23)25)39-45(42,43)20-22-9-5-4-6-10-22/h4-17,21,39H,18-20H2,1-3H3,(H,34,41)(H,35,36,38). The molecule has 0 aliphatic heterocycles. The first-order chi connectivity index (χ1) is 21.5.